The summed E-state index contributed by atoms with van der Waals surface area (Å²) in [5.74, 6) is -0.188. The van der Waals surface area contributed by atoms with E-state index in [9.17, 15) is 9.18 Å². The molecule has 4 nitrogen and oxygen atoms in total. The van der Waals surface area contributed by atoms with E-state index in [1.54, 1.807) is 0 Å². The second-order valence-electron chi connectivity index (χ2n) is 8.17. The predicted molar refractivity (Wildman–Crippen MR) is 110 cm³/mol. The van der Waals surface area contributed by atoms with Gasteiger partial charge in [0.15, 0.2) is 0 Å². The van der Waals surface area contributed by atoms with Crippen LogP contribution in [0.3, 0.4) is 0 Å². The molecule has 0 aromatic heterocycles. The van der Waals surface area contributed by atoms with Gasteiger partial charge < -0.3 is 10.6 Å². The third-order valence-corrected chi connectivity index (χ3v) is 6.05. The molecule has 2 aliphatic rings. The van der Waals surface area contributed by atoms with Crippen LogP contribution in [0.5, 0.6) is 0 Å². The number of hydrogen-bond donors (Lipinski definition) is 2. The summed E-state index contributed by atoms with van der Waals surface area (Å²) >= 11 is 0. The highest BCUT2D eigenvalue weighted by Gasteiger charge is 2.38. The number of anilines is 1. The summed E-state index contributed by atoms with van der Waals surface area (Å²) in [4.78, 5) is 15.0. The van der Waals surface area contributed by atoms with Gasteiger partial charge in [-0.2, -0.15) is 0 Å². The van der Waals surface area contributed by atoms with Gasteiger partial charge >= 0.3 is 6.03 Å². The number of rotatable bonds is 4. The highest BCUT2D eigenvalue weighted by Crippen LogP contribution is 2.35. The molecule has 0 aliphatic carbocycles. The van der Waals surface area contributed by atoms with Gasteiger partial charge in [0.05, 0.1) is 0 Å². The average Bonchev–Trinajstić information content (AvgIpc) is 2.66. The molecular formula is C23H28FN3O. The molecule has 2 aromatic carbocycles. The number of fused-ring (bicyclic) bond motifs is 2. The maximum absolute atomic E-state index is 13.2. The van der Waals surface area contributed by atoms with E-state index < -0.39 is 0 Å². The van der Waals surface area contributed by atoms with Crippen molar-refractivity contribution in [3.63, 3.8) is 0 Å². The Morgan fingerprint density at radius 2 is 1.68 bits per heavy atom. The summed E-state index contributed by atoms with van der Waals surface area (Å²) in [6, 6.07) is 15.7. The number of aryl methyl sites for hydroxylation is 1. The lowest BCUT2D eigenvalue weighted by Crippen LogP contribution is -2.56. The van der Waals surface area contributed by atoms with Gasteiger partial charge in [-0.3, -0.25) is 4.90 Å². The van der Waals surface area contributed by atoms with Gasteiger partial charge in [0.25, 0.3) is 0 Å². The van der Waals surface area contributed by atoms with Gasteiger partial charge in [-0.1, -0.05) is 36.2 Å². The second-order valence-corrected chi connectivity index (χ2v) is 8.17. The minimum Gasteiger partial charge on any atom is -0.335 e. The van der Waals surface area contributed by atoms with E-state index in [0.29, 0.717) is 12.1 Å². The number of benzene rings is 2. The van der Waals surface area contributed by atoms with Gasteiger partial charge in [-0.05, 0) is 62.4 Å². The maximum Gasteiger partial charge on any atom is 0.319 e. The van der Waals surface area contributed by atoms with Crippen LogP contribution in [0, 0.1) is 12.7 Å². The molecule has 2 saturated heterocycles. The van der Waals surface area contributed by atoms with Crippen molar-refractivity contribution in [1.29, 1.82) is 0 Å². The Bertz CT molecular complexity index is 792. The number of carbonyl (C=O) groups is 1. The van der Waals surface area contributed by atoms with E-state index in [1.165, 1.54) is 24.1 Å². The molecule has 2 atom stereocenters. The van der Waals surface area contributed by atoms with E-state index in [1.807, 2.05) is 43.3 Å². The number of carbonyl (C=O) groups excluding carboxylic acids is 1. The molecule has 5 heteroatoms. The number of nitrogens with zero attached hydrogens (tertiary/aromatic N) is 1. The summed E-state index contributed by atoms with van der Waals surface area (Å²) in [7, 11) is 0. The van der Waals surface area contributed by atoms with E-state index in [2.05, 4.69) is 15.5 Å². The number of halogens is 1. The molecule has 2 bridgehead atoms. The Hall–Kier alpha value is -2.40. The van der Waals surface area contributed by atoms with Crippen LogP contribution in [0.15, 0.2) is 48.5 Å². The van der Waals surface area contributed by atoms with Crippen molar-refractivity contribution in [3.8, 4) is 0 Å². The Balaban J connectivity index is 1.35. The van der Waals surface area contributed by atoms with Crippen LogP contribution in [0.4, 0.5) is 14.9 Å². The standard InChI is InChI=1S/C23H28FN3O/c1-16-5-11-19(12-6-16)25-23(28)26-20-13-21-3-2-4-22(14-20)27(21)15-17-7-9-18(24)10-8-17/h5-12,20-22H,2-4,13-15H2,1H3,(H2,25,26,28)/t21-,22-/m1/s1. The molecule has 2 fully saturated rings. The van der Waals surface area contributed by atoms with E-state index in [4.69, 9.17) is 0 Å². The maximum atomic E-state index is 13.2. The Kier molecular flexibility index (Phi) is 5.62. The molecule has 0 unspecified atom stereocenters. The van der Waals surface area contributed by atoms with E-state index in [0.717, 1.165) is 43.5 Å². The van der Waals surface area contributed by atoms with Crippen molar-refractivity contribution >= 4 is 11.7 Å². The number of piperidine rings is 2. The number of urea groups is 1. The average molecular weight is 381 g/mol. The zero-order chi connectivity index (χ0) is 19.5. The topological polar surface area (TPSA) is 44.4 Å². The Labute approximate surface area is 166 Å². The zero-order valence-corrected chi connectivity index (χ0v) is 16.3. The van der Waals surface area contributed by atoms with Crippen molar-refractivity contribution in [1.82, 2.24) is 10.2 Å². The normalized spacial score (nSPS) is 24.6. The van der Waals surface area contributed by atoms with Gasteiger partial charge in [-0.25, -0.2) is 9.18 Å². The van der Waals surface area contributed by atoms with Crippen LogP contribution in [0.2, 0.25) is 0 Å². The van der Waals surface area contributed by atoms with Crippen LogP contribution in [-0.2, 0) is 6.54 Å². The van der Waals surface area contributed by atoms with Gasteiger partial charge in [0.1, 0.15) is 5.82 Å². The Morgan fingerprint density at radius 1 is 1.04 bits per heavy atom. The third-order valence-electron chi connectivity index (χ3n) is 6.05. The second kappa shape index (κ2) is 8.31. The fraction of sp³-hybridized carbons (Fsp3) is 0.435. The van der Waals surface area contributed by atoms with Gasteiger partial charge in [0.2, 0.25) is 0 Å². The summed E-state index contributed by atoms with van der Waals surface area (Å²) < 4.78 is 13.2. The molecule has 0 radical (unpaired) electrons. The molecule has 2 aromatic rings. The quantitative estimate of drug-likeness (QED) is 0.796. The van der Waals surface area contributed by atoms with Crippen LogP contribution >= 0.6 is 0 Å². The fourth-order valence-electron chi connectivity index (χ4n) is 4.64. The highest BCUT2D eigenvalue weighted by atomic mass is 19.1. The Morgan fingerprint density at radius 3 is 2.32 bits per heavy atom. The first-order valence-electron chi connectivity index (χ1n) is 10.2. The molecule has 2 amide bonds. The van der Waals surface area contributed by atoms with Gasteiger partial charge in [-0.15, -0.1) is 0 Å². The predicted octanol–water partition coefficient (Wildman–Crippen LogP) is 4.84. The van der Waals surface area contributed by atoms with Crippen LogP contribution in [0.1, 0.15) is 43.2 Å². The molecule has 0 saturated carbocycles. The number of amides is 2. The zero-order valence-electron chi connectivity index (χ0n) is 16.3. The minimum absolute atomic E-state index is 0.126. The minimum atomic E-state index is -0.188. The van der Waals surface area contributed by atoms with Crippen molar-refractivity contribution in [2.45, 2.75) is 63.7 Å². The van der Waals surface area contributed by atoms with E-state index in [-0.39, 0.29) is 17.9 Å². The molecular weight excluding hydrogens is 353 g/mol. The monoisotopic (exact) mass is 381 g/mol. The summed E-state index contributed by atoms with van der Waals surface area (Å²) in [5, 5.41) is 6.12. The van der Waals surface area contributed by atoms with Crippen LogP contribution in [0.25, 0.3) is 0 Å². The van der Waals surface area contributed by atoms with Crippen LogP contribution in [-0.4, -0.2) is 29.1 Å². The van der Waals surface area contributed by atoms with Crippen molar-refractivity contribution in [2.75, 3.05) is 5.32 Å². The molecule has 4 rings (SSSR count). The number of nitrogens with one attached hydrogen (secondary N) is 2. The van der Waals surface area contributed by atoms with Crippen molar-refractivity contribution in [3.05, 3.63) is 65.5 Å². The summed E-state index contributed by atoms with van der Waals surface area (Å²) in [6.07, 6.45) is 5.51. The molecule has 148 valence electrons. The van der Waals surface area contributed by atoms with Crippen molar-refractivity contribution < 1.29 is 9.18 Å². The first-order valence-corrected chi connectivity index (χ1v) is 10.2. The first kappa shape index (κ1) is 18.9. The van der Waals surface area contributed by atoms with Crippen LogP contribution < -0.4 is 10.6 Å². The van der Waals surface area contributed by atoms with Crippen molar-refractivity contribution in [2.24, 2.45) is 0 Å². The largest absolute Gasteiger partial charge is 0.335 e. The molecule has 2 heterocycles. The molecule has 2 N–H and O–H groups in total. The van der Waals surface area contributed by atoms with Gasteiger partial charge in [0, 0.05) is 30.4 Å². The lowest BCUT2D eigenvalue weighted by molar-refractivity contribution is 0.0200. The SMILES string of the molecule is Cc1ccc(NC(=O)NC2C[C@H]3CCC[C@H](C2)N3Cc2ccc(F)cc2)cc1. The van der Waals surface area contributed by atoms with E-state index >= 15 is 0 Å². The third kappa shape index (κ3) is 4.53. The fourth-order valence-corrected chi connectivity index (χ4v) is 4.64. The molecule has 28 heavy (non-hydrogen) atoms. The lowest BCUT2D eigenvalue weighted by atomic mass is 9.81. The molecule has 2 aliphatic heterocycles. The highest BCUT2D eigenvalue weighted by molar-refractivity contribution is 5.89. The summed E-state index contributed by atoms with van der Waals surface area (Å²) in [6.45, 7) is 2.89. The number of hydrogen-bond acceptors (Lipinski definition) is 2. The lowest BCUT2D eigenvalue weighted by Gasteiger charge is -2.49. The smallest absolute Gasteiger partial charge is 0.319 e. The first-order chi connectivity index (χ1) is 13.6. The molecule has 0 spiro atoms. The summed E-state index contributed by atoms with van der Waals surface area (Å²) in [5.41, 5.74) is 3.14.